The first-order valence-electron chi connectivity index (χ1n) is 5.64. The summed E-state index contributed by atoms with van der Waals surface area (Å²) >= 11 is 10.7. The SMILES string of the molecule is Cc1c(C(=O)O)sc2nc(-c3ccc(Br)cc3Cl)cn12. The lowest BCUT2D eigenvalue weighted by atomic mass is 10.2. The number of fused-ring (bicyclic) bond motifs is 1. The average molecular weight is 372 g/mol. The third kappa shape index (κ3) is 2.13. The number of aryl methyl sites for hydroxylation is 1. The van der Waals surface area contributed by atoms with Gasteiger partial charge in [0.1, 0.15) is 4.88 Å². The van der Waals surface area contributed by atoms with Crippen LogP contribution in [0.3, 0.4) is 0 Å². The number of aromatic carboxylic acids is 1. The van der Waals surface area contributed by atoms with Crippen LogP contribution >= 0.6 is 38.9 Å². The van der Waals surface area contributed by atoms with Gasteiger partial charge in [0, 0.05) is 21.9 Å². The number of carboxylic acids is 1. The lowest BCUT2D eigenvalue weighted by molar-refractivity contribution is 0.0701. The number of hydrogen-bond donors (Lipinski definition) is 1. The molecule has 3 rings (SSSR count). The van der Waals surface area contributed by atoms with Gasteiger partial charge in [-0.15, -0.1) is 0 Å². The van der Waals surface area contributed by atoms with Gasteiger partial charge in [-0.05, 0) is 19.1 Å². The van der Waals surface area contributed by atoms with E-state index in [1.165, 1.54) is 0 Å². The average Bonchev–Trinajstić information content (AvgIpc) is 2.89. The molecule has 0 saturated heterocycles. The van der Waals surface area contributed by atoms with Gasteiger partial charge in [0.2, 0.25) is 0 Å². The minimum absolute atomic E-state index is 0.306. The van der Waals surface area contributed by atoms with Gasteiger partial charge >= 0.3 is 5.97 Å². The molecule has 2 aromatic heterocycles. The fourth-order valence-electron chi connectivity index (χ4n) is 1.98. The lowest BCUT2D eigenvalue weighted by Gasteiger charge is -2.00. The molecule has 0 radical (unpaired) electrons. The number of carbonyl (C=O) groups is 1. The highest BCUT2D eigenvalue weighted by Gasteiger charge is 2.17. The Hall–Kier alpha value is -1.37. The van der Waals surface area contributed by atoms with Crippen LogP contribution in [0.1, 0.15) is 15.4 Å². The van der Waals surface area contributed by atoms with E-state index in [1.54, 1.807) is 17.4 Å². The minimum atomic E-state index is -0.929. The van der Waals surface area contributed by atoms with E-state index in [9.17, 15) is 4.79 Å². The first-order chi connectivity index (χ1) is 9.47. The maximum atomic E-state index is 11.1. The fourth-order valence-corrected chi connectivity index (χ4v) is 3.69. The number of hydrogen-bond acceptors (Lipinski definition) is 3. The zero-order chi connectivity index (χ0) is 14.4. The predicted molar refractivity (Wildman–Crippen MR) is 82.9 cm³/mol. The zero-order valence-electron chi connectivity index (χ0n) is 10.2. The van der Waals surface area contributed by atoms with Gasteiger partial charge < -0.3 is 5.11 Å². The van der Waals surface area contributed by atoms with Crippen LogP contribution in [0.5, 0.6) is 0 Å². The number of benzene rings is 1. The molecule has 1 N–H and O–H groups in total. The van der Waals surface area contributed by atoms with Crippen molar-refractivity contribution in [2.24, 2.45) is 0 Å². The molecule has 0 atom stereocenters. The third-order valence-corrected chi connectivity index (χ3v) is 4.91. The van der Waals surface area contributed by atoms with Crippen LogP contribution in [0.25, 0.3) is 16.2 Å². The molecule has 0 bridgehead atoms. The molecular weight excluding hydrogens is 364 g/mol. The molecule has 102 valence electrons. The van der Waals surface area contributed by atoms with Crippen molar-refractivity contribution >= 4 is 49.8 Å². The van der Waals surface area contributed by atoms with Crippen molar-refractivity contribution in [3.05, 3.63) is 44.5 Å². The molecule has 1 aromatic carbocycles. The summed E-state index contributed by atoms with van der Waals surface area (Å²) < 4.78 is 2.68. The molecule has 0 aliphatic carbocycles. The number of rotatable bonds is 2. The van der Waals surface area contributed by atoms with Crippen molar-refractivity contribution in [2.45, 2.75) is 6.92 Å². The summed E-state index contributed by atoms with van der Waals surface area (Å²) in [6.45, 7) is 1.77. The first-order valence-corrected chi connectivity index (χ1v) is 7.63. The highest BCUT2D eigenvalue weighted by molar-refractivity contribution is 9.10. The third-order valence-electron chi connectivity index (χ3n) is 2.96. The minimum Gasteiger partial charge on any atom is -0.477 e. The monoisotopic (exact) mass is 370 g/mol. The van der Waals surface area contributed by atoms with Gasteiger partial charge in [-0.1, -0.05) is 44.9 Å². The second-order valence-electron chi connectivity index (χ2n) is 4.22. The molecular formula is C13H8BrClN2O2S. The molecule has 3 aromatic rings. The molecule has 0 fully saturated rings. The Balaban J connectivity index is 2.17. The summed E-state index contributed by atoms with van der Waals surface area (Å²) in [5, 5.41) is 9.69. The number of aromatic nitrogens is 2. The summed E-state index contributed by atoms with van der Waals surface area (Å²) in [6, 6.07) is 5.58. The predicted octanol–water partition coefficient (Wildman–Crippen LogP) is 4.49. The summed E-state index contributed by atoms with van der Waals surface area (Å²) in [4.78, 5) is 16.5. The molecule has 20 heavy (non-hydrogen) atoms. The Morgan fingerprint density at radius 2 is 2.25 bits per heavy atom. The largest absolute Gasteiger partial charge is 0.477 e. The Morgan fingerprint density at radius 3 is 2.85 bits per heavy atom. The quantitative estimate of drug-likeness (QED) is 0.722. The Morgan fingerprint density at radius 1 is 1.50 bits per heavy atom. The maximum Gasteiger partial charge on any atom is 0.347 e. The van der Waals surface area contributed by atoms with Crippen molar-refractivity contribution < 1.29 is 9.90 Å². The van der Waals surface area contributed by atoms with Crippen molar-refractivity contribution in [1.82, 2.24) is 9.38 Å². The second-order valence-corrected chi connectivity index (χ2v) is 6.53. The maximum absolute atomic E-state index is 11.1. The van der Waals surface area contributed by atoms with Gasteiger partial charge in [-0.2, -0.15) is 0 Å². The van der Waals surface area contributed by atoms with Gasteiger partial charge in [-0.3, -0.25) is 4.40 Å². The van der Waals surface area contributed by atoms with E-state index < -0.39 is 5.97 Å². The van der Waals surface area contributed by atoms with Crippen LogP contribution in [-0.4, -0.2) is 20.5 Å². The van der Waals surface area contributed by atoms with Crippen molar-refractivity contribution in [3.63, 3.8) is 0 Å². The van der Waals surface area contributed by atoms with E-state index in [0.717, 1.165) is 27.1 Å². The van der Waals surface area contributed by atoms with Crippen molar-refractivity contribution in [3.8, 4) is 11.3 Å². The van der Waals surface area contributed by atoms with Crippen LogP contribution in [0, 0.1) is 6.92 Å². The molecule has 2 heterocycles. The van der Waals surface area contributed by atoms with Crippen LogP contribution < -0.4 is 0 Å². The van der Waals surface area contributed by atoms with Crippen LogP contribution in [0.4, 0.5) is 0 Å². The molecule has 0 aliphatic heterocycles. The number of halogens is 2. The highest BCUT2D eigenvalue weighted by Crippen LogP contribution is 2.32. The zero-order valence-corrected chi connectivity index (χ0v) is 13.4. The smallest absolute Gasteiger partial charge is 0.347 e. The standard InChI is InChI=1S/C13H8BrClN2O2S/c1-6-11(12(18)19)20-13-16-10(5-17(6)13)8-3-2-7(14)4-9(8)15/h2-5H,1H3,(H,18,19). The molecule has 0 saturated carbocycles. The number of carboxylic acid groups (broad SMARTS) is 1. The fraction of sp³-hybridized carbons (Fsp3) is 0.0769. The normalized spacial score (nSPS) is 11.2. The second kappa shape index (κ2) is 4.87. The lowest BCUT2D eigenvalue weighted by Crippen LogP contribution is -1.96. The number of imidazole rings is 1. The van der Waals surface area contributed by atoms with Crippen molar-refractivity contribution in [1.29, 1.82) is 0 Å². The van der Waals surface area contributed by atoms with Crippen LogP contribution in [0.2, 0.25) is 5.02 Å². The van der Waals surface area contributed by atoms with E-state index in [0.29, 0.717) is 20.6 Å². The summed E-state index contributed by atoms with van der Waals surface area (Å²) in [5.41, 5.74) is 2.22. The van der Waals surface area contributed by atoms with E-state index >= 15 is 0 Å². The van der Waals surface area contributed by atoms with E-state index in [-0.39, 0.29) is 0 Å². The Kier molecular flexibility index (Phi) is 3.32. The summed E-state index contributed by atoms with van der Waals surface area (Å²) in [6.07, 6.45) is 1.81. The number of thiazole rings is 1. The van der Waals surface area contributed by atoms with E-state index in [1.807, 2.05) is 18.3 Å². The van der Waals surface area contributed by atoms with Crippen molar-refractivity contribution in [2.75, 3.05) is 0 Å². The van der Waals surface area contributed by atoms with E-state index in [2.05, 4.69) is 20.9 Å². The van der Waals surface area contributed by atoms with Gasteiger partial charge in [0.25, 0.3) is 0 Å². The summed E-state index contributed by atoms with van der Waals surface area (Å²) in [5.74, 6) is -0.929. The van der Waals surface area contributed by atoms with Gasteiger partial charge in [0.15, 0.2) is 4.96 Å². The molecule has 4 nitrogen and oxygen atoms in total. The highest BCUT2D eigenvalue weighted by atomic mass is 79.9. The topological polar surface area (TPSA) is 54.6 Å². The first kappa shape index (κ1) is 13.6. The molecule has 0 spiro atoms. The molecule has 0 amide bonds. The van der Waals surface area contributed by atoms with E-state index in [4.69, 9.17) is 16.7 Å². The van der Waals surface area contributed by atoms with Gasteiger partial charge in [-0.25, -0.2) is 9.78 Å². The molecule has 0 aliphatic rings. The Bertz CT molecular complexity index is 840. The molecule has 7 heteroatoms. The number of nitrogens with zero attached hydrogens (tertiary/aromatic N) is 2. The summed E-state index contributed by atoms with van der Waals surface area (Å²) in [7, 11) is 0. The van der Waals surface area contributed by atoms with Crippen LogP contribution in [0.15, 0.2) is 28.9 Å². The molecule has 0 unspecified atom stereocenters. The van der Waals surface area contributed by atoms with Gasteiger partial charge in [0.05, 0.1) is 10.7 Å². The Labute approximate surface area is 131 Å². The van der Waals surface area contributed by atoms with Crippen LogP contribution in [-0.2, 0) is 0 Å².